The summed E-state index contributed by atoms with van der Waals surface area (Å²) in [6.45, 7) is 7.30. The van der Waals surface area contributed by atoms with E-state index in [-0.39, 0.29) is 0 Å². The molecular weight excluding hydrogens is 226 g/mol. The molecule has 4 heteroatoms. The molecule has 1 aromatic heterocycles. The number of hydrogen-bond acceptors (Lipinski definition) is 4. The highest BCUT2D eigenvalue weighted by atomic mass is 16.4. The number of oxazole rings is 1. The van der Waals surface area contributed by atoms with Crippen molar-refractivity contribution in [2.45, 2.75) is 58.5 Å². The van der Waals surface area contributed by atoms with E-state index >= 15 is 0 Å². The maximum atomic E-state index is 5.63. The van der Waals surface area contributed by atoms with E-state index in [1.807, 2.05) is 0 Å². The standard InChI is InChI=1S/C14H25N3O/c1-3-5-9-17(13-6-7-13)14-16-12(11-18-14)10-15-8-4-2/h11,13,15H,3-10H2,1-2H3. The highest BCUT2D eigenvalue weighted by Crippen LogP contribution is 2.31. The molecule has 0 unspecified atom stereocenters. The smallest absolute Gasteiger partial charge is 0.297 e. The van der Waals surface area contributed by atoms with E-state index < -0.39 is 0 Å². The van der Waals surface area contributed by atoms with Gasteiger partial charge < -0.3 is 14.6 Å². The van der Waals surface area contributed by atoms with Crippen molar-refractivity contribution in [3.8, 4) is 0 Å². The Kier molecular flexibility index (Phi) is 5.05. The Morgan fingerprint density at radius 1 is 1.39 bits per heavy atom. The molecule has 0 bridgehead atoms. The number of anilines is 1. The van der Waals surface area contributed by atoms with Gasteiger partial charge in [0.1, 0.15) is 6.26 Å². The monoisotopic (exact) mass is 251 g/mol. The zero-order valence-corrected chi connectivity index (χ0v) is 11.6. The van der Waals surface area contributed by atoms with E-state index in [1.165, 1.54) is 25.7 Å². The highest BCUT2D eigenvalue weighted by Gasteiger charge is 2.31. The molecule has 0 amide bonds. The van der Waals surface area contributed by atoms with Crippen LogP contribution in [0.3, 0.4) is 0 Å². The molecule has 1 aliphatic rings. The second-order valence-electron chi connectivity index (χ2n) is 5.08. The summed E-state index contributed by atoms with van der Waals surface area (Å²) >= 11 is 0. The van der Waals surface area contributed by atoms with Gasteiger partial charge in [-0.25, -0.2) is 0 Å². The fourth-order valence-electron chi connectivity index (χ4n) is 2.05. The maximum Gasteiger partial charge on any atom is 0.297 e. The topological polar surface area (TPSA) is 41.3 Å². The van der Waals surface area contributed by atoms with Gasteiger partial charge in [0, 0.05) is 19.1 Å². The van der Waals surface area contributed by atoms with Gasteiger partial charge in [0.05, 0.1) is 5.69 Å². The summed E-state index contributed by atoms with van der Waals surface area (Å²) in [6.07, 6.45) is 7.94. The fourth-order valence-corrected chi connectivity index (χ4v) is 2.05. The fraction of sp³-hybridized carbons (Fsp3) is 0.786. The Labute approximate surface area is 110 Å². The molecule has 18 heavy (non-hydrogen) atoms. The summed E-state index contributed by atoms with van der Waals surface area (Å²) in [5, 5.41) is 3.35. The lowest BCUT2D eigenvalue weighted by Crippen LogP contribution is -2.27. The van der Waals surface area contributed by atoms with Crippen LogP contribution < -0.4 is 10.2 Å². The van der Waals surface area contributed by atoms with E-state index in [0.717, 1.165) is 37.8 Å². The summed E-state index contributed by atoms with van der Waals surface area (Å²) in [7, 11) is 0. The van der Waals surface area contributed by atoms with Gasteiger partial charge >= 0.3 is 0 Å². The zero-order chi connectivity index (χ0) is 12.8. The average Bonchev–Trinajstić information content (AvgIpc) is 3.10. The first-order valence-corrected chi connectivity index (χ1v) is 7.27. The van der Waals surface area contributed by atoms with Crippen LogP contribution in [0.2, 0.25) is 0 Å². The summed E-state index contributed by atoms with van der Waals surface area (Å²) in [5.41, 5.74) is 1.01. The minimum atomic E-state index is 0.673. The first-order chi connectivity index (χ1) is 8.85. The van der Waals surface area contributed by atoms with Crippen molar-refractivity contribution in [2.75, 3.05) is 18.0 Å². The van der Waals surface area contributed by atoms with Gasteiger partial charge in [0.15, 0.2) is 0 Å². The van der Waals surface area contributed by atoms with Crippen molar-refractivity contribution in [1.82, 2.24) is 10.3 Å². The molecule has 0 atom stereocenters. The molecule has 0 aliphatic heterocycles. The summed E-state index contributed by atoms with van der Waals surface area (Å²) in [6, 6.07) is 1.49. The number of nitrogens with one attached hydrogen (secondary N) is 1. The van der Waals surface area contributed by atoms with E-state index in [4.69, 9.17) is 4.42 Å². The molecule has 1 aliphatic carbocycles. The molecule has 2 rings (SSSR count). The van der Waals surface area contributed by atoms with E-state index in [2.05, 4.69) is 29.0 Å². The summed E-state index contributed by atoms with van der Waals surface area (Å²) in [5.74, 6) is 0. The third-order valence-electron chi connectivity index (χ3n) is 3.26. The first kappa shape index (κ1) is 13.4. The molecule has 0 saturated heterocycles. The van der Waals surface area contributed by atoms with Gasteiger partial charge in [0.2, 0.25) is 0 Å². The third-order valence-corrected chi connectivity index (χ3v) is 3.26. The molecule has 1 fully saturated rings. The largest absolute Gasteiger partial charge is 0.432 e. The van der Waals surface area contributed by atoms with Gasteiger partial charge in [-0.2, -0.15) is 4.98 Å². The van der Waals surface area contributed by atoms with Gasteiger partial charge in [-0.05, 0) is 32.2 Å². The Balaban J connectivity index is 1.89. The lowest BCUT2D eigenvalue weighted by Gasteiger charge is -2.19. The molecule has 1 N–H and O–H groups in total. The number of nitrogens with zero attached hydrogens (tertiary/aromatic N) is 2. The summed E-state index contributed by atoms with van der Waals surface area (Å²) in [4.78, 5) is 6.93. The van der Waals surface area contributed by atoms with Gasteiger partial charge in [-0.15, -0.1) is 0 Å². The third kappa shape index (κ3) is 3.73. The number of aromatic nitrogens is 1. The van der Waals surface area contributed by atoms with E-state index in [1.54, 1.807) is 6.26 Å². The molecule has 1 saturated carbocycles. The van der Waals surface area contributed by atoms with E-state index in [9.17, 15) is 0 Å². The molecule has 0 radical (unpaired) electrons. The van der Waals surface area contributed by atoms with Crippen molar-refractivity contribution < 1.29 is 4.42 Å². The molecule has 1 aromatic rings. The zero-order valence-electron chi connectivity index (χ0n) is 11.6. The van der Waals surface area contributed by atoms with E-state index in [0.29, 0.717) is 6.04 Å². The van der Waals surface area contributed by atoms with Crippen molar-refractivity contribution in [2.24, 2.45) is 0 Å². The second-order valence-corrected chi connectivity index (χ2v) is 5.08. The van der Waals surface area contributed by atoms with Crippen LogP contribution in [-0.2, 0) is 6.54 Å². The van der Waals surface area contributed by atoms with Crippen LogP contribution in [0.25, 0.3) is 0 Å². The Morgan fingerprint density at radius 2 is 2.22 bits per heavy atom. The number of unbranched alkanes of at least 4 members (excludes halogenated alkanes) is 1. The molecule has 0 spiro atoms. The molecule has 1 heterocycles. The Morgan fingerprint density at radius 3 is 2.89 bits per heavy atom. The lowest BCUT2D eigenvalue weighted by molar-refractivity contribution is 0.523. The molecule has 4 nitrogen and oxygen atoms in total. The molecular formula is C14H25N3O. The van der Waals surface area contributed by atoms with Gasteiger partial charge in [0.25, 0.3) is 6.01 Å². The minimum absolute atomic E-state index is 0.673. The first-order valence-electron chi connectivity index (χ1n) is 7.27. The van der Waals surface area contributed by atoms with Crippen LogP contribution in [0.4, 0.5) is 6.01 Å². The Hall–Kier alpha value is -1.03. The van der Waals surface area contributed by atoms with Crippen molar-refractivity contribution in [3.63, 3.8) is 0 Å². The van der Waals surface area contributed by atoms with Crippen LogP contribution in [0.15, 0.2) is 10.7 Å². The predicted molar refractivity (Wildman–Crippen MR) is 73.8 cm³/mol. The normalized spacial score (nSPS) is 15.0. The van der Waals surface area contributed by atoms with Crippen molar-refractivity contribution >= 4 is 6.01 Å². The van der Waals surface area contributed by atoms with Crippen molar-refractivity contribution in [1.29, 1.82) is 0 Å². The van der Waals surface area contributed by atoms with Crippen LogP contribution >= 0.6 is 0 Å². The summed E-state index contributed by atoms with van der Waals surface area (Å²) < 4.78 is 5.63. The highest BCUT2D eigenvalue weighted by molar-refractivity contribution is 5.31. The van der Waals surface area contributed by atoms with Crippen LogP contribution in [-0.4, -0.2) is 24.1 Å². The second kappa shape index (κ2) is 6.78. The number of hydrogen-bond donors (Lipinski definition) is 1. The maximum absolute atomic E-state index is 5.63. The van der Waals surface area contributed by atoms with Crippen LogP contribution in [0, 0.1) is 0 Å². The average molecular weight is 251 g/mol. The van der Waals surface area contributed by atoms with Crippen LogP contribution in [0.1, 0.15) is 51.6 Å². The van der Waals surface area contributed by atoms with Gasteiger partial charge in [-0.3, -0.25) is 0 Å². The SMILES string of the molecule is CCCCN(c1nc(CNCCC)co1)C1CC1. The van der Waals surface area contributed by atoms with Gasteiger partial charge in [-0.1, -0.05) is 20.3 Å². The van der Waals surface area contributed by atoms with Crippen molar-refractivity contribution in [3.05, 3.63) is 12.0 Å². The quantitative estimate of drug-likeness (QED) is 0.685. The molecule has 102 valence electrons. The van der Waals surface area contributed by atoms with Crippen LogP contribution in [0.5, 0.6) is 0 Å². The predicted octanol–water partition coefficient (Wildman–Crippen LogP) is 2.94. The molecule has 0 aromatic carbocycles. The Bertz CT molecular complexity index is 347. The number of rotatable bonds is 9. The minimum Gasteiger partial charge on any atom is -0.432 e. The lowest BCUT2D eigenvalue weighted by atomic mass is 10.3.